The van der Waals surface area contributed by atoms with Gasteiger partial charge in [0.05, 0.1) is 13.0 Å². The molecule has 100 valence electrons. The van der Waals surface area contributed by atoms with E-state index in [4.69, 9.17) is 10.6 Å². The summed E-state index contributed by atoms with van der Waals surface area (Å²) in [5.41, 5.74) is 4.11. The number of benzene rings is 1. The summed E-state index contributed by atoms with van der Waals surface area (Å²) >= 11 is 0. The van der Waals surface area contributed by atoms with Crippen molar-refractivity contribution in [3.63, 3.8) is 0 Å². The van der Waals surface area contributed by atoms with E-state index in [0.29, 0.717) is 5.92 Å². The maximum atomic E-state index is 11.1. The number of hydrogen-bond acceptors (Lipinski definition) is 5. The lowest BCUT2D eigenvalue weighted by Gasteiger charge is -2.14. The number of carbonyl (C=O) groups is 1. The Morgan fingerprint density at radius 3 is 2.78 bits per heavy atom. The van der Waals surface area contributed by atoms with E-state index in [0.717, 1.165) is 16.9 Å². The van der Waals surface area contributed by atoms with Crippen molar-refractivity contribution in [1.29, 1.82) is 0 Å². The van der Waals surface area contributed by atoms with Gasteiger partial charge in [-0.2, -0.15) is 0 Å². The molecule has 1 aromatic rings. The first kappa shape index (κ1) is 14.5. The van der Waals surface area contributed by atoms with E-state index in [1.807, 2.05) is 18.6 Å². The highest BCUT2D eigenvalue weighted by atomic mass is 16.7. The molecule has 0 bridgehead atoms. The average molecular weight is 252 g/mol. The van der Waals surface area contributed by atoms with Gasteiger partial charge < -0.3 is 9.57 Å². The minimum atomic E-state index is -0.448. The number of rotatable bonds is 6. The van der Waals surface area contributed by atoms with Crippen LogP contribution in [0.5, 0.6) is 5.75 Å². The van der Waals surface area contributed by atoms with Crippen LogP contribution < -0.4 is 16.2 Å². The van der Waals surface area contributed by atoms with E-state index >= 15 is 0 Å². The molecule has 0 aromatic heterocycles. The summed E-state index contributed by atoms with van der Waals surface area (Å²) in [6, 6.07) is 6.08. The lowest BCUT2D eigenvalue weighted by Crippen LogP contribution is -2.27. The van der Waals surface area contributed by atoms with E-state index in [2.05, 4.69) is 30.8 Å². The van der Waals surface area contributed by atoms with Gasteiger partial charge in [-0.25, -0.2) is 5.84 Å². The van der Waals surface area contributed by atoms with Gasteiger partial charge in [-0.1, -0.05) is 31.6 Å². The number of hydrazine groups is 1. The summed E-state index contributed by atoms with van der Waals surface area (Å²) in [5.74, 6) is 5.61. The van der Waals surface area contributed by atoms with Crippen molar-refractivity contribution in [2.45, 2.75) is 33.1 Å². The SMILES string of the molecule is Cc1ccc(C(C)C)c(OCCC(=O)ONN)c1. The molecule has 0 aliphatic rings. The summed E-state index contributed by atoms with van der Waals surface area (Å²) in [6.45, 7) is 6.47. The smallest absolute Gasteiger partial charge is 0.329 e. The molecule has 5 heteroatoms. The molecule has 0 atom stereocenters. The van der Waals surface area contributed by atoms with Crippen molar-refractivity contribution < 1.29 is 14.4 Å². The Hall–Kier alpha value is -1.59. The Kier molecular flexibility index (Phi) is 5.61. The first-order chi connectivity index (χ1) is 8.54. The fourth-order valence-corrected chi connectivity index (χ4v) is 1.60. The lowest BCUT2D eigenvalue weighted by atomic mass is 10.0. The highest BCUT2D eigenvalue weighted by molar-refractivity contribution is 5.69. The van der Waals surface area contributed by atoms with E-state index in [1.54, 1.807) is 0 Å². The van der Waals surface area contributed by atoms with Crippen molar-refractivity contribution in [1.82, 2.24) is 5.59 Å². The third kappa shape index (κ3) is 4.35. The second-order valence-corrected chi connectivity index (χ2v) is 4.39. The molecule has 0 unspecified atom stereocenters. The fourth-order valence-electron chi connectivity index (χ4n) is 1.60. The van der Waals surface area contributed by atoms with Crippen LogP contribution in [-0.4, -0.2) is 12.6 Å². The Labute approximate surface area is 107 Å². The van der Waals surface area contributed by atoms with Crippen LogP contribution in [0.25, 0.3) is 0 Å². The van der Waals surface area contributed by atoms with E-state index in [9.17, 15) is 4.79 Å². The van der Waals surface area contributed by atoms with E-state index < -0.39 is 5.97 Å². The quantitative estimate of drug-likeness (QED) is 0.596. The summed E-state index contributed by atoms with van der Waals surface area (Å²) < 4.78 is 5.63. The Morgan fingerprint density at radius 1 is 1.44 bits per heavy atom. The van der Waals surface area contributed by atoms with Crippen molar-refractivity contribution in [2.24, 2.45) is 5.84 Å². The fraction of sp³-hybridized carbons (Fsp3) is 0.462. The van der Waals surface area contributed by atoms with Crippen molar-refractivity contribution in [3.05, 3.63) is 29.3 Å². The molecule has 0 radical (unpaired) electrons. The average Bonchev–Trinajstić information content (AvgIpc) is 2.29. The van der Waals surface area contributed by atoms with Crippen LogP contribution in [0.15, 0.2) is 18.2 Å². The van der Waals surface area contributed by atoms with Crippen LogP contribution in [0.1, 0.15) is 37.3 Å². The van der Waals surface area contributed by atoms with Gasteiger partial charge in [-0.3, -0.25) is 4.79 Å². The highest BCUT2D eigenvalue weighted by Crippen LogP contribution is 2.27. The molecule has 0 aliphatic heterocycles. The van der Waals surface area contributed by atoms with Crippen molar-refractivity contribution in [2.75, 3.05) is 6.61 Å². The summed E-state index contributed by atoms with van der Waals surface area (Å²) in [6.07, 6.45) is 0.148. The van der Waals surface area contributed by atoms with Gasteiger partial charge in [0, 0.05) is 0 Å². The van der Waals surface area contributed by atoms with Crippen molar-refractivity contribution in [3.8, 4) is 5.75 Å². The van der Waals surface area contributed by atoms with Gasteiger partial charge in [-0.05, 0) is 30.0 Å². The number of nitrogens with one attached hydrogen (secondary N) is 1. The first-order valence-corrected chi connectivity index (χ1v) is 5.93. The lowest BCUT2D eigenvalue weighted by molar-refractivity contribution is -0.151. The van der Waals surface area contributed by atoms with Gasteiger partial charge in [0.15, 0.2) is 0 Å². The molecule has 0 amide bonds. The molecule has 1 rings (SSSR count). The Morgan fingerprint density at radius 2 is 2.17 bits per heavy atom. The van der Waals surface area contributed by atoms with Crippen molar-refractivity contribution >= 4 is 5.97 Å². The minimum absolute atomic E-state index is 0.148. The molecule has 5 nitrogen and oxygen atoms in total. The maximum absolute atomic E-state index is 11.1. The predicted molar refractivity (Wildman–Crippen MR) is 68.8 cm³/mol. The van der Waals surface area contributed by atoms with Crippen LogP contribution in [0.3, 0.4) is 0 Å². The van der Waals surface area contributed by atoms with Crippen LogP contribution in [0.2, 0.25) is 0 Å². The second kappa shape index (κ2) is 6.98. The monoisotopic (exact) mass is 252 g/mol. The predicted octanol–water partition coefficient (Wildman–Crippen LogP) is 1.81. The molecule has 18 heavy (non-hydrogen) atoms. The number of carbonyl (C=O) groups excluding carboxylic acids is 1. The number of nitrogens with two attached hydrogens (primary N) is 1. The molecular formula is C13H20N2O3. The second-order valence-electron chi connectivity index (χ2n) is 4.39. The summed E-state index contributed by atoms with van der Waals surface area (Å²) in [5, 5.41) is 0. The normalized spacial score (nSPS) is 10.5. The topological polar surface area (TPSA) is 73.6 Å². The molecule has 0 spiro atoms. The van der Waals surface area contributed by atoms with Crippen LogP contribution in [-0.2, 0) is 9.63 Å². The molecule has 0 saturated heterocycles. The number of hydrogen-bond donors (Lipinski definition) is 2. The Balaban J connectivity index is 2.60. The van der Waals surface area contributed by atoms with Gasteiger partial charge in [0.25, 0.3) is 0 Å². The molecule has 0 saturated carbocycles. The molecule has 0 heterocycles. The molecule has 1 aromatic carbocycles. The number of ether oxygens (including phenoxy) is 1. The van der Waals surface area contributed by atoms with Gasteiger partial charge in [0.2, 0.25) is 0 Å². The molecule has 0 fully saturated rings. The minimum Gasteiger partial charge on any atom is -0.493 e. The van der Waals surface area contributed by atoms with Crippen LogP contribution in [0.4, 0.5) is 0 Å². The van der Waals surface area contributed by atoms with E-state index in [-0.39, 0.29) is 13.0 Å². The first-order valence-electron chi connectivity index (χ1n) is 5.93. The molecule has 3 N–H and O–H groups in total. The van der Waals surface area contributed by atoms with Gasteiger partial charge in [-0.15, -0.1) is 0 Å². The maximum Gasteiger partial charge on any atom is 0.329 e. The van der Waals surface area contributed by atoms with Crippen LogP contribution in [0, 0.1) is 6.92 Å². The standard InChI is InChI=1S/C13H20N2O3/c1-9(2)11-5-4-10(3)8-12(11)17-7-6-13(16)18-15-14/h4-5,8-9,15H,6-7,14H2,1-3H3. The molecular weight excluding hydrogens is 232 g/mol. The zero-order chi connectivity index (χ0) is 13.5. The molecule has 0 aliphatic carbocycles. The highest BCUT2D eigenvalue weighted by Gasteiger charge is 2.09. The largest absolute Gasteiger partial charge is 0.493 e. The zero-order valence-electron chi connectivity index (χ0n) is 11.0. The zero-order valence-corrected chi connectivity index (χ0v) is 11.0. The van der Waals surface area contributed by atoms with Gasteiger partial charge >= 0.3 is 5.97 Å². The van der Waals surface area contributed by atoms with Crippen LogP contribution >= 0.6 is 0 Å². The third-order valence-corrected chi connectivity index (χ3v) is 2.53. The van der Waals surface area contributed by atoms with E-state index in [1.165, 1.54) is 0 Å². The third-order valence-electron chi connectivity index (χ3n) is 2.53. The van der Waals surface area contributed by atoms with Gasteiger partial charge in [0.1, 0.15) is 5.75 Å². The summed E-state index contributed by atoms with van der Waals surface area (Å²) in [4.78, 5) is 15.5. The number of aryl methyl sites for hydroxylation is 1. The Bertz CT molecular complexity index is 405. The summed E-state index contributed by atoms with van der Waals surface area (Å²) in [7, 11) is 0.